The highest BCUT2D eigenvalue weighted by molar-refractivity contribution is 5.29. The summed E-state index contributed by atoms with van der Waals surface area (Å²) in [6.07, 6.45) is 4.04. The van der Waals surface area contributed by atoms with Gasteiger partial charge in [-0.25, -0.2) is 0 Å². The molecule has 21 heavy (non-hydrogen) atoms. The highest BCUT2D eigenvalue weighted by Crippen LogP contribution is 2.29. The summed E-state index contributed by atoms with van der Waals surface area (Å²) in [6, 6.07) is 18.7. The first-order valence-corrected chi connectivity index (χ1v) is 7.65. The van der Waals surface area contributed by atoms with Crippen molar-refractivity contribution in [3.63, 3.8) is 0 Å². The van der Waals surface area contributed by atoms with Crippen molar-refractivity contribution < 1.29 is 4.74 Å². The largest absolute Gasteiger partial charge is 0.497 e. The third-order valence-electron chi connectivity index (χ3n) is 4.06. The zero-order chi connectivity index (χ0) is 15.1. The summed E-state index contributed by atoms with van der Waals surface area (Å²) in [5.74, 6) is 0.898. The third kappa shape index (κ3) is 4.08. The van der Waals surface area contributed by atoms with Gasteiger partial charge in [0.05, 0.1) is 7.11 Å². The van der Waals surface area contributed by atoms with E-state index in [2.05, 4.69) is 43.3 Å². The van der Waals surface area contributed by atoms with Gasteiger partial charge in [-0.1, -0.05) is 55.8 Å². The van der Waals surface area contributed by atoms with Crippen molar-refractivity contribution in [3.05, 3.63) is 65.7 Å². The van der Waals surface area contributed by atoms with E-state index in [1.54, 1.807) is 7.11 Å². The summed E-state index contributed by atoms with van der Waals surface area (Å²) in [5.41, 5.74) is 9.01. The highest BCUT2D eigenvalue weighted by atomic mass is 16.5. The van der Waals surface area contributed by atoms with Gasteiger partial charge in [-0.05, 0) is 42.5 Å². The minimum Gasteiger partial charge on any atom is -0.497 e. The molecular weight excluding hydrogens is 258 g/mol. The average molecular weight is 283 g/mol. The monoisotopic (exact) mass is 283 g/mol. The molecule has 0 aliphatic heterocycles. The number of hydrogen-bond donors (Lipinski definition) is 1. The van der Waals surface area contributed by atoms with Crippen molar-refractivity contribution in [2.45, 2.75) is 38.1 Å². The molecule has 0 aliphatic rings. The third-order valence-corrected chi connectivity index (χ3v) is 4.06. The van der Waals surface area contributed by atoms with Crippen LogP contribution in [0.1, 0.15) is 37.3 Å². The molecule has 1 unspecified atom stereocenters. The van der Waals surface area contributed by atoms with Crippen molar-refractivity contribution in [3.8, 4) is 5.75 Å². The van der Waals surface area contributed by atoms with Gasteiger partial charge >= 0.3 is 0 Å². The van der Waals surface area contributed by atoms with Crippen molar-refractivity contribution in [2.24, 2.45) is 5.73 Å². The van der Waals surface area contributed by atoms with E-state index in [9.17, 15) is 0 Å². The van der Waals surface area contributed by atoms with Crippen LogP contribution in [0.2, 0.25) is 0 Å². The molecule has 0 heterocycles. The lowest BCUT2D eigenvalue weighted by Gasteiger charge is -2.30. The molecule has 0 aliphatic carbocycles. The highest BCUT2D eigenvalue weighted by Gasteiger charge is 2.25. The molecule has 0 bridgehead atoms. The van der Waals surface area contributed by atoms with Gasteiger partial charge in [0.1, 0.15) is 5.75 Å². The number of hydrogen-bond acceptors (Lipinski definition) is 2. The summed E-state index contributed by atoms with van der Waals surface area (Å²) in [4.78, 5) is 0. The van der Waals surface area contributed by atoms with E-state index in [4.69, 9.17) is 10.5 Å². The fraction of sp³-hybridized carbons (Fsp3) is 0.368. The Bertz CT molecular complexity index is 535. The Morgan fingerprint density at radius 3 is 2.19 bits per heavy atom. The molecule has 1 atom stereocenters. The lowest BCUT2D eigenvalue weighted by molar-refractivity contribution is 0.373. The number of rotatable bonds is 7. The van der Waals surface area contributed by atoms with Crippen LogP contribution in [0.25, 0.3) is 0 Å². The molecule has 0 spiro atoms. The van der Waals surface area contributed by atoms with Gasteiger partial charge in [0.25, 0.3) is 0 Å². The van der Waals surface area contributed by atoms with E-state index in [1.807, 2.05) is 18.2 Å². The van der Waals surface area contributed by atoms with Crippen LogP contribution in [0, 0.1) is 0 Å². The van der Waals surface area contributed by atoms with Crippen molar-refractivity contribution in [1.82, 2.24) is 0 Å². The lowest BCUT2D eigenvalue weighted by Crippen LogP contribution is -2.37. The van der Waals surface area contributed by atoms with Gasteiger partial charge in [-0.2, -0.15) is 0 Å². The maximum Gasteiger partial charge on any atom is 0.118 e. The quantitative estimate of drug-likeness (QED) is 0.823. The fourth-order valence-electron chi connectivity index (χ4n) is 2.79. The van der Waals surface area contributed by atoms with E-state index in [0.29, 0.717) is 0 Å². The number of methoxy groups -OCH3 is 1. The molecule has 2 aromatic rings. The lowest BCUT2D eigenvalue weighted by atomic mass is 9.81. The van der Waals surface area contributed by atoms with Crippen molar-refractivity contribution in [1.29, 1.82) is 0 Å². The predicted octanol–water partition coefficient (Wildman–Crippen LogP) is 4.28. The zero-order valence-electron chi connectivity index (χ0n) is 13.0. The molecule has 0 saturated heterocycles. The van der Waals surface area contributed by atoms with Crippen molar-refractivity contribution >= 4 is 0 Å². The van der Waals surface area contributed by atoms with E-state index in [1.165, 1.54) is 11.1 Å². The van der Waals surface area contributed by atoms with Gasteiger partial charge in [0, 0.05) is 5.54 Å². The Hall–Kier alpha value is -1.80. The van der Waals surface area contributed by atoms with Crippen LogP contribution < -0.4 is 10.5 Å². The molecule has 2 heteroatoms. The van der Waals surface area contributed by atoms with Crippen molar-refractivity contribution in [2.75, 3.05) is 7.11 Å². The summed E-state index contributed by atoms with van der Waals surface area (Å²) < 4.78 is 5.20. The van der Waals surface area contributed by atoms with Crippen LogP contribution >= 0.6 is 0 Å². The zero-order valence-corrected chi connectivity index (χ0v) is 13.0. The Morgan fingerprint density at radius 1 is 0.952 bits per heavy atom. The first-order chi connectivity index (χ1) is 10.2. The minimum absolute atomic E-state index is 0.240. The second-order valence-corrected chi connectivity index (χ2v) is 5.62. The van der Waals surface area contributed by atoms with Gasteiger partial charge < -0.3 is 10.5 Å². The predicted molar refractivity (Wildman–Crippen MR) is 88.5 cm³/mol. The molecule has 0 fully saturated rings. The van der Waals surface area contributed by atoms with Gasteiger partial charge in [0.2, 0.25) is 0 Å². The summed E-state index contributed by atoms with van der Waals surface area (Å²) in [6.45, 7) is 2.19. The molecule has 2 aromatic carbocycles. The van der Waals surface area contributed by atoms with E-state index >= 15 is 0 Å². The molecule has 0 amide bonds. The van der Waals surface area contributed by atoms with E-state index in [0.717, 1.165) is 31.4 Å². The molecule has 0 saturated carbocycles. The Morgan fingerprint density at radius 2 is 1.62 bits per heavy atom. The van der Waals surface area contributed by atoms with E-state index in [-0.39, 0.29) is 5.54 Å². The smallest absolute Gasteiger partial charge is 0.118 e. The van der Waals surface area contributed by atoms with Crippen LogP contribution in [0.15, 0.2) is 54.6 Å². The fourth-order valence-corrected chi connectivity index (χ4v) is 2.79. The van der Waals surface area contributed by atoms with Crippen LogP contribution in [-0.4, -0.2) is 7.11 Å². The second-order valence-electron chi connectivity index (χ2n) is 5.62. The topological polar surface area (TPSA) is 35.2 Å². The minimum atomic E-state index is -0.240. The average Bonchev–Trinajstić information content (AvgIpc) is 2.54. The SMILES string of the molecule is CCCC(N)(CCc1ccc(OC)cc1)c1ccccc1. The Labute approximate surface area is 127 Å². The van der Waals surface area contributed by atoms with E-state index < -0.39 is 0 Å². The number of benzene rings is 2. The number of nitrogens with two attached hydrogens (primary N) is 1. The molecule has 0 aromatic heterocycles. The number of aryl methyl sites for hydroxylation is 1. The molecule has 2 rings (SSSR count). The summed E-state index contributed by atoms with van der Waals surface area (Å²) in [7, 11) is 1.69. The first kappa shape index (κ1) is 15.6. The first-order valence-electron chi connectivity index (χ1n) is 7.65. The molecule has 112 valence electrons. The molecule has 2 N–H and O–H groups in total. The maximum atomic E-state index is 6.71. The standard InChI is InChI=1S/C19H25NO/c1-3-14-19(20,17-7-5-4-6-8-17)15-13-16-9-11-18(21-2)12-10-16/h4-12H,3,13-15,20H2,1-2H3. The number of ether oxygens (including phenoxy) is 1. The van der Waals surface area contributed by atoms with Crippen LogP contribution in [0.5, 0.6) is 5.75 Å². The Kier molecular flexibility index (Phi) is 5.40. The normalized spacial score (nSPS) is 13.7. The molecule has 2 nitrogen and oxygen atoms in total. The van der Waals surface area contributed by atoms with Crippen LogP contribution in [0.3, 0.4) is 0 Å². The summed E-state index contributed by atoms with van der Waals surface area (Å²) >= 11 is 0. The molecule has 0 radical (unpaired) electrons. The second kappa shape index (κ2) is 7.28. The van der Waals surface area contributed by atoms with Gasteiger partial charge in [-0.15, -0.1) is 0 Å². The summed E-state index contributed by atoms with van der Waals surface area (Å²) in [5, 5.41) is 0. The van der Waals surface area contributed by atoms with Crippen LogP contribution in [0.4, 0.5) is 0 Å². The Balaban J connectivity index is 2.09. The molecular formula is C19H25NO. The van der Waals surface area contributed by atoms with Gasteiger partial charge in [0.15, 0.2) is 0 Å². The van der Waals surface area contributed by atoms with Crippen LogP contribution in [-0.2, 0) is 12.0 Å². The van der Waals surface area contributed by atoms with Gasteiger partial charge in [-0.3, -0.25) is 0 Å². The maximum absolute atomic E-state index is 6.71.